The van der Waals surface area contributed by atoms with Crippen LogP contribution in [0.15, 0.2) is 53.4 Å². The number of para-hydroxylation sites is 1. The third kappa shape index (κ3) is 4.34. The second kappa shape index (κ2) is 7.36. The van der Waals surface area contributed by atoms with Crippen LogP contribution in [0.5, 0.6) is 11.5 Å². The third-order valence-electron chi connectivity index (χ3n) is 3.32. The fraction of sp³-hybridized carbons (Fsp3) is 0.235. The van der Waals surface area contributed by atoms with Crippen LogP contribution in [0, 0.1) is 5.92 Å². The number of alkyl halides is 3. The molecule has 0 atom stereocenters. The predicted molar refractivity (Wildman–Crippen MR) is 89.7 cm³/mol. The molecule has 0 bridgehead atoms. The number of hydrogen-bond acceptors (Lipinski definition) is 4. The normalized spacial score (nSPS) is 12.1. The van der Waals surface area contributed by atoms with Gasteiger partial charge in [-0.05, 0) is 36.4 Å². The molecule has 9 heteroatoms. The summed E-state index contributed by atoms with van der Waals surface area (Å²) in [6, 6.07) is 10.3. The van der Waals surface area contributed by atoms with Gasteiger partial charge in [-0.3, -0.25) is 4.79 Å². The number of carbonyl (C=O) groups is 1. The minimum absolute atomic E-state index is 0.123. The largest absolute Gasteiger partial charge is 0.502 e. The van der Waals surface area contributed by atoms with Gasteiger partial charge in [0.1, 0.15) is 16.4 Å². The van der Waals surface area contributed by atoms with Gasteiger partial charge in [-0.2, -0.15) is 13.2 Å². The highest BCUT2D eigenvalue weighted by Crippen LogP contribution is 2.37. The molecule has 0 spiro atoms. The number of rotatable bonds is 5. The van der Waals surface area contributed by atoms with Gasteiger partial charge in [-0.25, -0.2) is 8.42 Å². The lowest BCUT2D eigenvalue weighted by Crippen LogP contribution is -2.23. The molecule has 2 aromatic rings. The summed E-state index contributed by atoms with van der Waals surface area (Å²) in [6.07, 6.45) is 0. The van der Waals surface area contributed by atoms with Crippen LogP contribution in [0.3, 0.4) is 0 Å². The van der Waals surface area contributed by atoms with E-state index in [1.54, 1.807) is 13.8 Å². The zero-order chi connectivity index (χ0) is 19.5. The number of carbonyl (C=O) groups excluding carboxylic acids is 1. The maximum atomic E-state index is 12.8. The van der Waals surface area contributed by atoms with E-state index in [0.717, 1.165) is 12.1 Å². The molecular weight excluding hydrogens is 371 g/mol. The summed E-state index contributed by atoms with van der Waals surface area (Å²) in [4.78, 5) is 10.7. The maximum Gasteiger partial charge on any atom is 0.502 e. The molecule has 5 nitrogen and oxygen atoms in total. The first-order chi connectivity index (χ1) is 12.0. The lowest BCUT2D eigenvalue weighted by molar-refractivity contribution is -0.118. The van der Waals surface area contributed by atoms with E-state index < -0.39 is 26.0 Å². The van der Waals surface area contributed by atoms with E-state index in [1.807, 2.05) is 0 Å². The molecule has 1 N–H and O–H groups in total. The molecule has 0 saturated heterocycles. The molecule has 0 saturated carbocycles. The van der Waals surface area contributed by atoms with Gasteiger partial charge in [-0.15, -0.1) is 0 Å². The summed E-state index contributed by atoms with van der Waals surface area (Å²) in [7, 11) is -5.54. The standard InChI is InChI=1S/C17H16F3NO4S/c1-11(2)16(22)21-12-7-9-13(10-8-12)25-14-5-3-4-6-15(14)26(23,24)17(18,19)20/h3-11H,1-2H3,(H,21,22). The van der Waals surface area contributed by atoms with Crippen molar-refractivity contribution < 1.29 is 31.1 Å². The van der Waals surface area contributed by atoms with Crippen molar-refractivity contribution in [3.63, 3.8) is 0 Å². The lowest BCUT2D eigenvalue weighted by Gasteiger charge is -2.14. The van der Waals surface area contributed by atoms with Gasteiger partial charge in [0, 0.05) is 11.6 Å². The molecule has 0 aliphatic heterocycles. The Morgan fingerprint density at radius 3 is 2.15 bits per heavy atom. The molecule has 0 fully saturated rings. The van der Waals surface area contributed by atoms with Crippen LogP contribution in [-0.2, 0) is 14.6 Å². The summed E-state index contributed by atoms with van der Waals surface area (Å²) in [6.45, 7) is 3.45. The van der Waals surface area contributed by atoms with E-state index in [4.69, 9.17) is 4.74 Å². The molecule has 1 amide bonds. The Hall–Kier alpha value is -2.55. The molecule has 26 heavy (non-hydrogen) atoms. The monoisotopic (exact) mass is 387 g/mol. The Bertz CT molecular complexity index is 891. The summed E-state index contributed by atoms with van der Waals surface area (Å²) in [5, 5.41) is 2.65. The molecule has 2 aromatic carbocycles. The number of anilines is 1. The van der Waals surface area contributed by atoms with Gasteiger partial charge >= 0.3 is 5.51 Å². The Morgan fingerprint density at radius 2 is 1.62 bits per heavy atom. The van der Waals surface area contributed by atoms with Crippen molar-refractivity contribution in [3.05, 3.63) is 48.5 Å². The van der Waals surface area contributed by atoms with Crippen molar-refractivity contribution in [2.75, 3.05) is 5.32 Å². The Labute approximate surface area is 148 Å². The second-order valence-electron chi connectivity index (χ2n) is 5.67. The maximum absolute atomic E-state index is 12.8. The zero-order valence-electron chi connectivity index (χ0n) is 13.9. The second-order valence-corrected chi connectivity index (χ2v) is 7.58. The first-order valence-electron chi connectivity index (χ1n) is 7.51. The van der Waals surface area contributed by atoms with E-state index in [2.05, 4.69) is 5.32 Å². The predicted octanol–water partition coefficient (Wildman–Crippen LogP) is 4.37. The molecule has 0 aliphatic carbocycles. The highest BCUT2D eigenvalue weighted by molar-refractivity contribution is 7.92. The Balaban J connectivity index is 2.26. The van der Waals surface area contributed by atoms with Crippen molar-refractivity contribution in [3.8, 4) is 11.5 Å². The molecule has 0 radical (unpaired) electrons. The SMILES string of the molecule is CC(C)C(=O)Nc1ccc(Oc2ccccc2S(=O)(=O)C(F)(F)F)cc1. The van der Waals surface area contributed by atoms with Gasteiger partial charge in [0.25, 0.3) is 9.84 Å². The minimum Gasteiger partial charge on any atom is -0.456 e. The minimum atomic E-state index is -5.54. The molecule has 0 unspecified atom stereocenters. The van der Waals surface area contributed by atoms with E-state index in [9.17, 15) is 26.4 Å². The van der Waals surface area contributed by atoms with E-state index in [0.29, 0.717) is 5.69 Å². The average molecular weight is 387 g/mol. The zero-order valence-corrected chi connectivity index (χ0v) is 14.7. The fourth-order valence-electron chi connectivity index (χ4n) is 1.90. The van der Waals surface area contributed by atoms with Crippen molar-refractivity contribution in [2.24, 2.45) is 5.92 Å². The van der Waals surface area contributed by atoms with Crippen LogP contribution in [-0.4, -0.2) is 19.8 Å². The number of nitrogens with one attached hydrogen (secondary N) is 1. The van der Waals surface area contributed by atoms with Crippen LogP contribution in [0.25, 0.3) is 0 Å². The average Bonchev–Trinajstić information content (AvgIpc) is 2.56. The van der Waals surface area contributed by atoms with Crippen molar-refractivity contribution in [2.45, 2.75) is 24.3 Å². The van der Waals surface area contributed by atoms with Crippen LogP contribution in [0.2, 0.25) is 0 Å². The van der Waals surface area contributed by atoms with Crippen LogP contribution in [0.4, 0.5) is 18.9 Å². The Kier molecular flexibility index (Phi) is 5.60. The van der Waals surface area contributed by atoms with Crippen molar-refractivity contribution >= 4 is 21.4 Å². The third-order valence-corrected chi connectivity index (χ3v) is 4.84. The Morgan fingerprint density at radius 1 is 1.04 bits per heavy atom. The van der Waals surface area contributed by atoms with Gasteiger partial charge < -0.3 is 10.1 Å². The molecule has 0 aromatic heterocycles. The van der Waals surface area contributed by atoms with Crippen LogP contribution < -0.4 is 10.1 Å². The fourth-order valence-corrected chi connectivity index (χ4v) is 2.78. The smallest absolute Gasteiger partial charge is 0.456 e. The van der Waals surface area contributed by atoms with Crippen molar-refractivity contribution in [1.29, 1.82) is 0 Å². The quantitative estimate of drug-likeness (QED) is 0.827. The number of halogens is 3. The summed E-state index contributed by atoms with van der Waals surface area (Å²) < 4.78 is 67.0. The first kappa shape index (κ1) is 19.8. The van der Waals surface area contributed by atoms with E-state index in [-0.39, 0.29) is 17.6 Å². The lowest BCUT2D eigenvalue weighted by atomic mass is 10.2. The molecule has 0 heterocycles. The first-order valence-corrected chi connectivity index (χ1v) is 9.00. The van der Waals surface area contributed by atoms with Gasteiger partial charge in [0.05, 0.1) is 0 Å². The van der Waals surface area contributed by atoms with Crippen LogP contribution >= 0.6 is 0 Å². The molecule has 0 aliphatic rings. The summed E-state index contributed by atoms with van der Waals surface area (Å²) in [5.41, 5.74) is -4.95. The van der Waals surface area contributed by atoms with Gasteiger partial charge in [0.2, 0.25) is 5.91 Å². The van der Waals surface area contributed by atoms with E-state index >= 15 is 0 Å². The number of benzene rings is 2. The number of sulfone groups is 1. The molecule has 140 valence electrons. The number of amides is 1. The summed E-state index contributed by atoms with van der Waals surface area (Å²) in [5.74, 6) is -0.730. The summed E-state index contributed by atoms with van der Waals surface area (Å²) >= 11 is 0. The molecular formula is C17H16F3NO4S. The van der Waals surface area contributed by atoms with Gasteiger partial charge in [0.15, 0.2) is 0 Å². The number of hydrogen-bond donors (Lipinski definition) is 1. The topological polar surface area (TPSA) is 72.5 Å². The number of ether oxygens (including phenoxy) is 1. The highest BCUT2D eigenvalue weighted by Gasteiger charge is 2.48. The van der Waals surface area contributed by atoms with Crippen molar-refractivity contribution in [1.82, 2.24) is 0 Å². The van der Waals surface area contributed by atoms with E-state index in [1.165, 1.54) is 36.4 Å². The molecule has 2 rings (SSSR count). The van der Waals surface area contributed by atoms with Crippen LogP contribution in [0.1, 0.15) is 13.8 Å². The highest BCUT2D eigenvalue weighted by atomic mass is 32.2. The van der Waals surface area contributed by atoms with Gasteiger partial charge in [-0.1, -0.05) is 26.0 Å².